The molecule has 0 heterocycles. The molecule has 0 spiro atoms. The summed E-state index contributed by atoms with van der Waals surface area (Å²) in [6.07, 6.45) is 1.57. The molecule has 2 unspecified atom stereocenters. The summed E-state index contributed by atoms with van der Waals surface area (Å²) in [7, 11) is 0. The normalized spacial score (nSPS) is 14.4. The average Bonchev–Trinajstić information content (AvgIpc) is 2.25. The number of carboxylic acids is 1. The Bertz CT molecular complexity index is 315. The zero-order valence-electron chi connectivity index (χ0n) is 13.1. The fourth-order valence-electron chi connectivity index (χ4n) is 1.59. The summed E-state index contributed by atoms with van der Waals surface area (Å²) in [5, 5.41) is 11.5. The van der Waals surface area contributed by atoms with Gasteiger partial charge in [-0.25, -0.2) is 9.59 Å². The summed E-state index contributed by atoms with van der Waals surface area (Å²) < 4.78 is 5.06. The third-order valence-corrected chi connectivity index (χ3v) is 3.83. The number of hydrogen-bond donors (Lipinski definition) is 2. The van der Waals surface area contributed by atoms with E-state index in [9.17, 15) is 9.59 Å². The lowest BCUT2D eigenvalue weighted by molar-refractivity contribution is -0.138. The molecule has 5 nitrogen and oxygen atoms in total. The van der Waals surface area contributed by atoms with Crippen LogP contribution in [0.2, 0.25) is 0 Å². The number of amides is 1. The third kappa shape index (κ3) is 9.95. The number of carboxylic acid groups (broad SMARTS) is 1. The Balaban J connectivity index is 4.18. The Hall–Kier alpha value is -0.910. The first-order valence-corrected chi connectivity index (χ1v) is 8.11. The van der Waals surface area contributed by atoms with Crippen molar-refractivity contribution in [1.29, 1.82) is 0 Å². The van der Waals surface area contributed by atoms with Crippen molar-refractivity contribution in [2.45, 2.75) is 59.1 Å². The topological polar surface area (TPSA) is 75.6 Å². The van der Waals surface area contributed by atoms with Gasteiger partial charge in [0.2, 0.25) is 0 Å². The second-order valence-electron chi connectivity index (χ2n) is 5.97. The van der Waals surface area contributed by atoms with Gasteiger partial charge in [-0.3, -0.25) is 0 Å². The Labute approximate surface area is 125 Å². The molecule has 1 amide bonds. The van der Waals surface area contributed by atoms with Crippen molar-refractivity contribution in [1.82, 2.24) is 5.32 Å². The van der Waals surface area contributed by atoms with Crippen molar-refractivity contribution in [2.75, 3.05) is 11.5 Å². The molecule has 2 atom stereocenters. The van der Waals surface area contributed by atoms with Gasteiger partial charge in [-0.05, 0) is 32.4 Å². The standard InChI is InChI=1S/C14H27NO4S/c1-6-7-10(2)8-20-9-11(12(16)17)15-13(18)19-14(3,4)5/h10-11H,6-9H2,1-5H3,(H,15,18)(H,16,17). The third-order valence-electron chi connectivity index (χ3n) is 2.46. The quantitative estimate of drug-likeness (QED) is 0.720. The van der Waals surface area contributed by atoms with Gasteiger partial charge in [0, 0.05) is 5.75 Å². The summed E-state index contributed by atoms with van der Waals surface area (Å²) >= 11 is 1.55. The van der Waals surface area contributed by atoms with Crippen LogP contribution in [0.3, 0.4) is 0 Å². The van der Waals surface area contributed by atoms with E-state index in [-0.39, 0.29) is 0 Å². The number of carbonyl (C=O) groups is 2. The van der Waals surface area contributed by atoms with E-state index in [0.717, 1.165) is 18.6 Å². The fourth-order valence-corrected chi connectivity index (χ4v) is 2.75. The number of thioether (sulfide) groups is 1. The lowest BCUT2D eigenvalue weighted by Gasteiger charge is -2.22. The van der Waals surface area contributed by atoms with Crippen LogP contribution in [0.25, 0.3) is 0 Å². The zero-order valence-corrected chi connectivity index (χ0v) is 13.9. The van der Waals surface area contributed by atoms with Crippen molar-refractivity contribution in [3.8, 4) is 0 Å². The average molecular weight is 305 g/mol. The molecule has 0 bridgehead atoms. The van der Waals surface area contributed by atoms with Crippen LogP contribution in [0.5, 0.6) is 0 Å². The Kier molecular flexibility index (Phi) is 8.69. The van der Waals surface area contributed by atoms with E-state index >= 15 is 0 Å². The summed E-state index contributed by atoms with van der Waals surface area (Å²) in [6.45, 7) is 9.50. The molecular formula is C14H27NO4S. The molecule has 0 aromatic heterocycles. The maximum Gasteiger partial charge on any atom is 0.408 e. The molecule has 118 valence electrons. The minimum absolute atomic E-state index is 0.350. The molecule has 0 saturated carbocycles. The lowest BCUT2D eigenvalue weighted by atomic mass is 10.1. The van der Waals surface area contributed by atoms with Crippen LogP contribution in [0.1, 0.15) is 47.5 Å². The maximum atomic E-state index is 11.6. The Morgan fingerprint density at radius 2 is 1.90 bits per heavy atom. The molecule has 0 fully saturated rings. The van der Waals surface area contributed by atoms with Crippen molar-refractivity contribution in [3.05, 3.63) is 0 Å². The van der Waals surface area contributed by atoms with Crippen LogP contribution in [0.4, 0.5) is 4.79 Å². The summed E-state index contributed by atoms with van der Waals surface area (Å²) in [6, 6.07) is -0.913. The molecular weight excluding hydrogens is 278 g/mol. The predicted molar refractivity (Wildman–Crippen MR) is 82.2 cm³/mol. The first-order valence-electron chi connectivity index (χ1n) is 6.95. The lowest BCUT2D eigenvalue weighted by Crippen LogP contribution is -2.45. The molecule has 2 N–H and O–H groups in total. The highest BCUT2D eigenvalue weighted by Gasteiger charge is 2.23. The molecule has 0 aromatic rings. The van der Waals surface area contributed by atoms with E-state index in [1.54, 1.807) is 32.5 Å². The van der Waals surface area contributed by atoms with E-state index in [1.165, 1.54) is 0 Å². The van der Waals surface area contributed by atoms with Gasteiger partial charge < -0.3 is 15.2 Å². The molecule has 0 aliphatic heterocycles. The fraction of sp³-hybridized carbons (Fsp3) is 0.857. The number of alkyl carbamates (subject to hydrolysis) is 1. The van der Waals surface area contributed by atoms with Gasteiger partial charge in [-0.2, -0.15) is 11.8 Å². The van der Waals surface area contributed by atoms with Crippen molar-refractivity contribution in [3.63, 3.8) is 0 Å². The van der Waals surface area contributed by atoms with Gasteiger partial charge in [-0.1, -0.05) is 26.7 Å². The molecule has 0 aliphatic carbocycles. The smallest absolute Gasteiger partial charge is 0.408 e. The van der Waals surface area contributed by atoms with Gasteiger partial charge in [0.05, 0.1) is 0 Å². The SMILES string of the molecule is CCCC(C)CSCC(NC(=O)OC(C)(C)C)C(=O)O. The molecule has 0 saturated heterocycles. The zero-order chi connectivity index (χ0) is 15.8. The Morgan fingerprint density at radius 3 is 2.35 bits per heavy atom. The van der Waals surface area contributed by atoms with Gasteiger partial charge in [0.1, 0.15) is 11.6 Å². The van der Waals surface area contributed by atoms with Crippen LogP contribution in [-0.2, 0) is 9.53 Å². The van der Waals surface area contributed by atoms with Crippen LogP contribution in [0.15, 0.2) is 0 Å². The minimum atomic E-state index is -1.04. The van der Waals surface area contributed by atoms with Crippen LogP contribution in [0, 0.1) is 5.92 Å². The van der Waals surface area contributed by atoms with Crippen molar-refractivity contribution in [2.24, 2.45) is 5.92 Å². The van der Waals surface area contributed by atoms with E-state index in [2.05, 4.69) is 19.2 Å². The largest absolute Gasteiger partial charge is 0.480 e. The van der Waals surface area contributed by atoms with Crippen LogP contribution in [-0.4, -0.2) is 40.3 Å². The second kappa shape index (κ2) is 9.10. The minimum Gasteiger partial charge on any atom is -0.480 e. The van der Waals surface area contributed by atoms with E-state index in [0.29, 0.717) is 11.7 Å². The van der Waals surface area contributed by atoms with E-state index < -0.39 is 23.7 Å². The van der Waals surface area contributed by atoms with Gasteiger partial charge in [0.25, 0.3) is 0 Å². The molecule has 0 radical (unpaired) electrons. The highest BCUT2D eigenvalue weighted by molar-refractivity contribution is 7.99. The summed E-state index contributed by atoms with van der Waals surface area (Å²) in [5.41, 5.74) is -0.629. The van der Waals surface area contributed by atoms with Gasteiger partial charge >= 0.3 is 12.1 Å². The molecule has 0 rings (SSSR count). The molecule has 0 aliphatic rings. The van der Waals surface area contributed by atoms with Gasteiger partial charge in [-0.15, -0.1) is 0 Å². The monoisotopic (exact) mass is 305 g/mol. The number of hydrogen-bond acceptors (Lipinski definition) is 4. The van der Waals surface area contributed by atoms with Gasteiger partial charge in [0.15, 0.2) is 0 Å². The summed E-state index contributed by atoms with van der Waals surface area (Å²) in [4.78, 5) is 22.7. The van der Waals surface area contributed by atoms with Crippen LogP contribution < -0.4 is 5.32 Å². The highest BCUT2D eigenvalue weighted by atomic mass is 32.2. The highest BCUT2D eigenvalue weighted by Crippen LogP contribution is 2.14. The van der Waals surface area contributed by atoms with Crippen molar-refractivity contribution < 1.29 is 19.4 Å². The second-order valence-corrected chi connectivity index (χ2v) is 7.04. The molecule has 6 heteroatoms. The number of nitrogens with one attached hydrogen (secondary N) is 1. The number of aliphatic carboxylic acids is 1. The molecule has 0 aromatic carbocycles. The summed E-state index contributed by atoms with van der Waals surface area (Å²) in [5.74, 6) is 0.767. The number of carbonyl (C=O) groups excluding carboxylic acids is 1. The predicted octanol–water partition coefficient (Wildman–Crippen LogP) is 3.13. The molecule has 20 heavy (non-hydrogen) atoms. The maximum absolute atomic E-state index is 11.6. The number of ether oxygens (including phenoxy) is 1. The van der Waals surface area contributed by atoms with E-state index in [1.807, 2.05) is 0 Å². The first kappa shape index (κ1) is 19.1. The van der Waals surface area contributed by atoms with E-state index in [4.69, 9.17) is 9.84 Å². The number of rotatable bonds is 8. The van der Waals surface area contributed by atoms with Crippen LogP contribution >= 0.6 is 11.8 Å². The first-order chi connectivity index (χ1) is 9.15. The Morgan fingerprint density at radius 1 is 1.30 bits per heavy atom. The van der Waals surface area contributed by atoms with Crippen molar-refractivity contribution >= 4 is 23.8 Å².